The predicted molar refractivity (Wildman–Crippen MR) is 96.3 cm³/mol. The fraction of sp³-hybridized carbons (Fsp3) is 0.176. The van der Waals surface area contributed by atoms with Gasteiger partial charge in [0.25, 0.3) is 11.8 Å². The van der Waals surface area contributed by atoms with Gasteiger partial charge in [-0.2, -0.15) is 0 Å². The van der Waals surface area contributed by atoms with Crippen molar-refractivity contribution < 1.29 is 14.3 Å². The minimum atomic E-state index is -0.490. The van der Waals surface area contributed by atoms with Crippen molar-refractivity contribution >= 4 is 39.3 Å². The van der Waals surface area contributed by atoms with Crippen molar-refractivity contribution in [2.24, 2.45) is 0 Å². The molecule has 0 saturated heterocycles. The summed E-state index contributed by atoms with van der Waals surface area (Å²) in [4.78, 5) is 24.1. The number of benzene rings is 2. The molecule has 7 heteroatoms. The predicted octanol–water partition coefficient (Wildman–Crippen LogP) is 3.97. The maximum absolute atomic E-state index is 12.1. The number of hydrogen-bond acceptors (Lipinski definition) is 3. The Morgan fingerprint density at radius 3 is 2.50 bits per heavy atom. The molecule has 0 fully saturated rings. The number of hydrazine groups is 1. The van der Waals surface area contributed by atoms with Gasteiger partial charge in [-0.3, -0.25) is 20.4 Å². The summed E-state index contributed by atoms with van der Waals surface area (Å²) in [7, 11) is 0. The van der Waals surface area contributed by atoms with E-state index < -0.39 is 11.8 Å². The van der Waals surface area contributed by atoms with E-state index in [1.165, 1.54) is 0 Å². The summed E-state index contributed by atoms with van der Waals surface area (Å²) in [6.07, 6.45) is 0.892. The van der Waals surface area contributed by atoms with Crippen LogP contribution in [-0.2, 0) is 0 Å². The van der Waals surface area contributed by atoms with Crippen molar-refractivity contribution in [2.45, 2.75) is 13.3 Å². The molecular formula is C17H16BrClN2O3. The summed E-state index contributed by atoms with van der Waals surface area (Å²) in [5.41, 5.74) is 5.35. The van der Waals surface area contributed by atoms with E-state index in [2.05, 4.69) is 26.8 Å². The number of carbonyl (C=O) groups is 2. The van der Waals surface area contributed by atoms with Crippen molar-refractivity contribution in [3.63, 3.8) is 0 Å². The van der Waals surface area contributed by atoms with Crippen LogP contribution in [-0.4, -0.2) is 18.4 Å². The summed E-state index contributed by atoms with van der Waals surface area (Å²) < 4.78 is 6.19. The Morgan fingerprint density at radius 1 is 1.12 bits per heavy atom. The second-order valence-electron chi connectivity index (χ2n) is 4.88. The van der Waals surface area contributed by atoms with Crippen molar-refractivity contribution in [3.05, 3.63) is 63.1 Å². The van der Waals surface area contributed by atoms with Crippen LogP contribution in [0.4, 0.5) is 0 Å². The molecule has 2 aromatic rings. The smallest absolute Gasteiger partial charge is 0.271 e. The van der Waals surface area contributed by atoms with E-state index in [9.17, 15) is 9.59 Å². The number of carbonyl (C=O) groups excluding carboxylic acids is 2. The topological polar surface area (TPSA) is 67.4 Å². The molecule has 0 aliphatic heterocycles. The molecule has 0 radical (unpaired) electrons. The van der Waals surface area contributed by atoms with Crippen molar-refractivity contribution in [1.29, 1.82) is 0 Å². The van der Waals surface area contributed by atoms with Crippen molar-refractivity contribution in [2.75, 3.05) is 6.61 Å². The van der Waals surface area contributed by atoms with Gasteiger partial charge in [0.15, 0.2) is 0 Å². The average Bonchev–Trinajstić information content (AvgIpc) is 2.58. The zero-order valence-corrected chi connectivity index (χ0v) is 15.3. The minimum absolute atomic E-state index is 0.281. The summed E-state index contributed by atoms with van der Waals surface area (Å²) in [5, 5.41) is 0.310. The zero-order valence-electron chi connectivity index (χ0n) is 12.9. The Labute approximate surface area is 153 Å². The molecule has 2 aromatic carbocycles. The summed E-state index contributed by atoms with van der Waals surface area (Å²) in [6.45, 7) is 2.61. The number of amides is 2. The quantitative estimate of drug-likeness (QED) is 0.732. The second-order valence-corrected chi connectivity index (χ2v) is 6.14. The highest BCUT2D eigenvalue weighted by molar-refractivity contribution is 9.10. The summed E-state index contributed by atoms with van der Waals surface area (Å²) in [5.74, 6) is -0.275. The summed E-state index contributed by atoms with van der Waals surface area (Å²) >= 11 is 9.30. The highest BCUT2D eigenvalue weighted by atomic mass is 79.9. The molecular weight excluding hydrogens is 396 g/mol. The van der Waals surface area contributed by atoms with E-state index in [4.69, 9.17) is 16.3 Å². The van der Waals surface area contributed by atoms with E-state index in [0.717, 1.165) is 6.42 Å². The SMILES string of the molecule is CCCOc1ccc(C(=O)NNC(=O)c2ccccc2Cl)cc1Br. The number of halogens is 2. The van der Waals surface area contributed by atoms with Crippen LogP contribution in [0.1, 0.15) is 34.1 Å². The molecule has 0 heterocycles. The van der Waals surface area contributed by atoms with Crippen LogP contribution in [0.2, 0.25) is 5.02 Å². The Balaban J connectivity index is 1.99. The molecule has 0 aromatic heterocycles. The third-order valence-electron chi connectivity index (χ3n) is 3.06. The monoisotopic (exact) mass is 410 g/mol. The molecule has 2 amide bonds. The van der Waals surface area contributed by atoms with E-state index in [1.54, 1.807) is 42.5 Å². The molecule has 0 bridgehead atoms. The van der Waals surface area contributed by atoms with Crippen LogP contribution in [0.15, 0.2) is 46.9 Å². The number of rotatable bonds is 5. The van der Waals surface area contributed by atoms with Gasteiger partial charge in [-0.05, 0) is 52.7 Å². The highest BCUT2D eigenvalue weighted by Crippen LogP contribution is 2.26. The standard InChI is InChI=1S/C17H16BrClN2O3/c1-2-9-24-15-8-7-11(10-13(15)18)16(22)20-21-17(23)12-5-3-4-6-14(12)19/h3-8,10H,2,9H2,1H3,(H,20,22)(H,21,23). The minimum Gasteiger partial charge on any atom is -0.492 e. The fourth-order valence-electron chi connectivity index (χ4n) is 1.87. The van der Waals surface area contributed by atoms with E-state index in [1.807, 2.05) is 6.92 Å². The summed E-state index contributed by atoms with van der Waals surface area (Å²) in [6, 6.07) is 11.5. The first-order chi connectivity index (χ1) is 11.5. The van der Waals surface area contributed by atoms with Crippen molar-refractivity contribution in [1.82, 2.24) is 10.9 Å². The third-order valence-corrected chi connectivity index (χ3v) is 4.01. The lowest BCUT2D eigenvalue weighted by Crippen LogP contribution is -2.41. The van der Waals surface area contributed by atoms with E-state index in [0.29, 0.717) is 27.4 Å². The molecule has 0 spiro atoms. The Hall–Kier alpha value is -2.05. The van der Waals surface area contributed by atoms with Gasteiger partial charge in [-0.25, -0.2) is 0 Å². The lowest BCUT2D eigenvalue weighted by molar-refractivity contribution is 0.0846. The third kappa shape index (κ3) is 4.72. The molecule has 2 rings (SSSR count). The van der Waals surface area contributed by atoms with Crippen molar-refractivity contribution in [3.8, 4) is 5.75 Å². The molecule has 24 heavy (non-hydrogen) atoms. The van der Waals surface area contributed by atoms with Crippen LogP contribution < -0.4 is 15.6 Å². The first-order valence-electron chi connectivity index (χ1n) is 7.30. The second kappa shape index (κ2) is 8.70. The van der Waals surface area contributed by atoms with Gasteiger partial charge >= 0.3 is 0 Å². The van der Waals surface area contributed by atoms with Gasteiger partial charge in [-0.1, -0.05) is 30.7 Å². The molecule has 2 N–H and O–H groups in total. The Kier molecular flexibility index (Phi) is 6.63. The van der Waals surface area contributed by atoms with E-state index in [-0.39, 0.29) is 5.56 Å². The largest absolute Gasteiger partial charge is 0.492 e. The van der Waals surface area contributed by atoms with Gasteiger partial charge in [0.05, 0.1) is 21.7 Å². The normalized spacial score (nSPS) is 10.1. The van der Waals surface area contributed by atoms with Crippen LogP contribution in [0.5, 0.6) is 5.75 Å². The maximum atomic E-state index is 12.1. The fourth-order valence-corrected chi connectivity index (χ4v) is 2.58. The van der Waals surface area contributed by atoms with Gasteiger partial charge < -0.3 is 4.74 Å². The maximum Gasteiger partial charge on any atom is 0.271 e. The first-order valence-corrected chi connectivity index (χ1v) is 8.47. The highest BCUT2D eigenvalue weighted by Gasteiger charge is 2.13. The number of ether oxygens (including phenoxy) is 1. The molecule has 126 valence electrons. The molecule has 0 aliphatic carbocycles. The van der Waals surface area contributed by atoms with Gasteiger partial charge in [0.2, 0.25) is 0 Å². The molecule has 0 aliphatic rings. The molecule has 0 atom stereocenters. The van der Waals surface area contributed by atoms with Crippen LogP contribution >= 0.6 is 27.5 Å². The Morgan fingerprint density at radius 2 is 1.83 bits per heavy atom. The average molecular weight is 412 g/mol. The first kappa shape index (κ1) is 18.3. The lowest BCUT2D eigenvalue weighted by atomic mass is 10.2. The Bertz CT molecular complexity index is 752. The number of nitrogens with one attached hydrogen (secondary N) is 2. The van der Waals surface area contributed by atoms with Gasteiger partial charge in [-0.15, -0.1) is 0 Å². The molecule has 5 nitrogen and oxygen atoms in total. The van der Waals surface area contributed by atoms with Gasteiger partial charge in [0.1, 0.15) is 5.75 Å². The molecule has 0 saturated carbocycles. The molecule has 0 unspecified atom stereocenters. The van der Waals surface area contributed by atoms with Crippen LogP contribution in [0, 0.1) is 0 Å². The van der Waals surface area contributed by atoms with Crippen LogP contribution in [0.25, 0.3) is 0 Å². The van der Waals surface area contributed by atoms with E-state index >= 15 is 0 Å². The van der Waals surface area contributed by atoms with Gasteiger partial charge in [0, 0.05) is 5.56 Å². The number of hydrogen-bond donors (Lipinski definition) is 2. The zero-order chi connectivity index (χ0) is 17.5. The van der Waals surface area contributed by atoms with Crippen LogP contribution in [0.3, 0.4) is 0 Å². The lowest BCUT2D eigenvalue weighted by Gasteiger charge is -2.10.